The fraction of sp³-hybridized carbons (Fsp3) is 0.500. The van der Waals surface area contributed by atoms with Gasteiger partial charge >= 0.3 is 0 Å². The van der Waals surface area contributed by atoms with E-state index in [0.717, 1.165) is 36.1 Å². The van der Waals surface area contributed by atoms with E-state index in [1.807, 2.05) is 12.1 Å². The van der Waals surface area contributed by atoms with E-state index in [2.05, 4.69) is 28.6 Å². The van der Waals surface area contributed by atoms with Gasteiger partial charge in [0.1, 0.15) is 0 Å². The van der Waals surface area contributed by atoms with E-state index >= 15 is 0 Å². The van der Waals surface area contributed by atoms with E-state index in [9.17, 15) is 4.79 Å². The van der Waals surface area contributed by atoms with E-state index in [1.165, 1.54) is 16.9 Å². The van der Waals surface area contributed by atoms with Crippen molar-refractivity contribution in [2.45, 2.75) is 19.8 Å². The third-order valence-electron chi connectivity index (χ3n) is 4.23. The standard InChI is InChI=1S/C16H21N3O2S.ClH/c1-11-3-4-12-13(9-11)22-15(18-12)19-14(20)16(10-21-2)5-7-17-8-6-16;/h3-4,9,17H,5-8,10H2,1-2H3,(H,18,19,20);1H. The van der Waals surface area contributed by atoms with Crippen LogP contribution in [0, 0.1) is 12.3 Å². The zero-order valence-corrected chi connectivity index (χ0v) is 15.0. The molecule has 1 amide bonds. The van der Waals surface area contributed by atoms with Crippen molar-refractivity contribution in [3.05, 3.63) is 23.8 Å². The number of aryl methyl sites for hydroxylation is 1. The highest BCUT2D eigenvalue weighted by atomic mass is 35.5. The van der Waals surface area contributed by atoms with Crippen molar-refractivity contribution in [2.75, 3.05) is 32.1 Å². The molecule has 23 heavy (non-hydrogen) atoms. The number of thiazole rings is 1. The van der Waals surface area contributed by atoms with Crippen LogP contribution in [-0.4, -0.2) is 37.7 Å². The summed E-state index contributed by atoms with van der Waals surface area (Å²) in [5.74, 6) is 0.0200. The number of nitrogens with zero attached hydrogens (tertiary/aromatic N) is 1. The summed E-state index contributed by atoms with van der Waals surface area (Å²) in [5.41, 5.74) is 1.67. The molecule has 7 heteroatoms. The molecule has 0 spiro atoms. The number of methoxy groups -OCH3 is 1. The molecule has 1 aliphatic heterocycles. The van der Waals surface area contributed by atoms with Gasteiger partial charge < -0.3 is 15.4 Å². The van der Waals surface area contributed by atoms with Crippen LogP contribution in [0.3, 0.4) is 0 Å². The first kappa shape index (κ1) is 18.1. The number of anilines is 1. The van der Waals surface area contributed by atoms with E-state index in [4.69, 9.17) is 4.74 Å². The zero-order valence-electron chi connectivity index (χ0n) is 13.3. The molecule has 3 rings (SSSR count). The van der Waals surface area contributed by atoms with Gasteiger partial charge in [0, 0.05) is 7.11 Å². The molecular weight excluding hydrogens is 334 g/mol. The predicted octanol–water partition coefficient (Wildman–Crippen LogP) is 2.98. The molecule has 1 aromatic carbocycles. The average molecular weight is 356 g/mol. The Morgan fingerprint density at radius 2 is 2.17 bits per heavy atom. The van der Waals surface area contributed by atoms with Crippen LogP contribution in [0.15, 0.2) is 18.2 Å². The molecule has 5 nitrogen and oxygen atoms in total. The molecule has 1 fully saturated rings. The second-order valence-electron chi connectivity index (χ2n) is 5.91. The highest BCUT2D eigenvalue weighted by Gasteiger charge is 2.40. The minimum absolute atomic E-state index is 0. The molecule has 1 aromatic heterocycles. The third-order valence-corrected chi connectivity index (χ3v) is 5.16. The minimum atomic E-state index is -0.451. The largest absolute Gasteiger partial charge is 0.384 e. The number of rotatable bonds is 4. The fourth-order valence-electron chi connectivity index (χ4n) is 2.93. The Bertz CT molecular complexity index is 678. The Labute approximate surface area is 146 Å². The molecule has 126 valence electrons. The maximum atomic E-state index is 12.8. The summed E-state index contributed by atoms with van der Waals surface area (Å²) in [4.78, 5) is 17.3. The Balaban J connectivity index is 0.00000192. The Hall–Kier alpha value is -1.21. The smallest absolute Gasteiger partial charge is 0.234 e. The lowest BCUT2D eigenvalue weighted by Gasteiger charge is -2.35. The van der Waals surface area contributed by atoms with Crippen molar-refractivity contribution in [3.8, 4) is 0 Å². The lowest BCUT2D eigenvalue weighted by Crippen LogP contribution is -2.47. The van der Waals surface area contributed by atoms with E-state index < -0.39 is 5.41 Å². The minimum Gasteiger partial charge on any atom is -0.384 e. The molecular formula is C16H22ClN3O2S. The number of hydrogen-bond acceptors (Lipinski definition) is 5. The van der Waals surface area contributed by atoms with Crippen LogP contribution in [0.1, 0.15) is 18.4 Å². The number of nitrogens with one attached hydrogen (secondary N) is 2. The number of amides is 1. The van der Waals surface area contributed by atoms with Crippen LogP contribution < -0.4 is 10.6 Å². The van der Waals surface area contributed by atoms with E-state index in [1.54, 1.807) is 7.11 Å². The number of hydrogen-bond donors (Lipinski definition) is 2. The van der Waals surface area contributed by atoms with Crippen LogP contribution in [0.5, 0.6) is 0 Å². The summed E-state index contributed by atoms with van der Waals surface area (Å²) in [7, 11) is 1.65. The van der Waals surface area contributed by atoms with Crippen LogP contribution >= 0.6 is 23.7 Å². The van der Waals surface area contributed by atoms with Crippen LogP contribution in [0.2, 0.25) is 0 Å². The Morgan fingerprint density at radius 1 is 1.43 bits per heavy atom. The summed E-state index contributed by atoms with van der Waals surface area (Å²) >= 11 is 1.52. The summed E-state index contributed by atoms with van der Waals surface area (Å²) in [6, 6.07) is 6.12. The van der Waals surface area contributed by atoms with Gasteiger partial charge in [-0.25, -0.2) is 4.98 Å². The molecule has 0 aliphatic carbocycles. The van der Waals surface area contributed by atoms with Gasteiger partial charge in [-0.3, -0.25) is 4.79 Å². The molecule has 1 aliphatic rings. The quantitative estimate of drug-likeness (QED) is 0.885. The van der Waals surface area contributed by atoms with Crippen LogP contribution in [-0.2, 0) is 9.53 Å². The summed E-state index contributed by atoms with van der Waals surface area (Å²) < 4.78 is 6.41. The fourth-order valence-corrected chi connectivity index (χ4v) is 3.89. The third kappa shape index (κ3) is 3.83. The van der Waals surface area contributed by atoms with Gasteiger partial charge in [-0.15, -0.1) is 12.4 Å². The molecule has 0 saturated carbocycles. The van der Waals surface area contributed by atoms with Crippen molar-refractivity contribution in [1.82, 2.24) is 10.3 Å². The maximum absolute atomic E-state index is 12.8. The van der Waals surface area contributed by atoms with Crippen molar-refractivity contribution in [3.63, 3.8) is 0 Å². The highest BCUT2D eigenvalue weighted by molar-refractivity contribution is 7.22. The number of aromatic nitrogens is 1. The number of piperidine rings is 1. The SMILES string of the molecule is COCC1(C(=O)Nc2nc3ccc(C)cc3s2)CCNCC1.Cl. The maximum Gasteiger partial charge on any atom is 0.234 e. The van der Waals surface area contributed by atoms with Crippen LogP contribution in [0.25, 0.3) is 10.2 Å². The van der Waals surface area contributed by atoms with Crippen LogP contribution in [0.4, 0.5) is 5.13 Å². The summed E-state index contributed by atoms with van der Waals surface area (Å²) in [6.07, 6.45) is 1.58. The highest BCUT2D eigenvalue weighted by Crippen LogP contribution is 2.33. The molecule has 2 N–H and O–H groups in total. The summed E-state index contributed by atoms with van der Waals surface area (Å²) in [6.45, 7) is 4.19. The van der Waals surface area contributed by atoms with Gasteiger partial charge in [-0.2, -0.15) is 0 Å². The first-order valence-corrected chi connectivity index (χ1v) is 8.33. The molecule has 0 unspecified atom stereocenters. The predicted molar refractivity (Wildman–Crippen MR) is 96.6 cm³/mol. The first-order valence-electron chi connectivity index (χ1n) is 7.51. The van der Waals surface area contributed by atoms with Crippen molar-refractivity contribution >= 4 is 45.0 Å². The first-order chi connectivity index (χ1) is 10.6. The lowest BCUT2D eigenvalue weighted by atomic mass is 9.79. The molecule has 0 bridgehead atoms. The molecule has 0 radical (unpaired) electrons. The number of carbonyl (C=O) groups excluding carboxylic acids is 1. The lowest BCUT2D eigenvalue weighted by molar-refractivity contribution is -0.130. The van der Waals surface area contributed by atoms with Gasteiger partial charge in [0.15, 0.2) is 5.13 Å². The number of carbonyl (C=O) groups is 1. The van der Waals surface area contributed by atoms with Gasteiger partial charge in [-0.1, -0.05) is 17.4 Å². The number of halogens is 1. The van der Waals surface area contributed by atoms with Gasteiger partial charge in [0.05, 0.1) is 22.2 Å². The number of fused-ring (bicyclic) bond motifs is 1. The Morgan fingerprint density at radius 3 is 2.87 bits per heavy atom. The second-order valence-corrected chi connectivity index (χ2v) is 6.94. The molecule has 0 atom stereocenters. The van der Waals surface area contributed by atoms with Gasteiger partial charge in [-0.05, 0) is 50.6 Å². The van der Waals surface area contributed by atoms with Gasteiger partial charge in [0.25, 0.3) is 0 Å². The molecule has 2 heterocycles. The Kier molecular flexibility index (Phi) is 5.97. The summed E-state index contributed by atoms with van der Waals surface area (Å²) in [5, 5.41) is 6.97. The molecule has 1 saturated heterocycles. The normalized spacial score (nSPS) is 16.8. The topological polar surface area (TPSA) is 63.2 Å². The van der Waals surface area contributed by atoms with Crippen molar-refractivity contribution < 1.29 is 9.53 Å². The van der Waals surface area contributed by atoms with Gasteiger partial charge in [0.2, 0.25) is 5.91 Å². The zero-order chi connectivity index (χ0) is 15.6. The number of ether oxygens (including phenoxy) is 1. The number of benzene rings is 1. The van der Waals surface area contributed by atoms with Crippen molar-refractivity contribution in [2.24, 2.45) is 5.41 Å². The molecule has 2 aromatic rings. The monoisotopic (exact) mass is 355 g/mol. The second kappa shape index (κ2) is 7.57. The average Bonchev–Trinajstić information content (AvgIpc) is 2.89. The van der Waals surface area contributed by atoms with E-state index in [0.29, 0.717) is 11.7 Å². The van der Waals surface area contributed by atoms with E-state index in [-0.39, 0.29) is 18.3 Å². The van der Waals surface area contributed by atoms with Crippen molar-refractivity contribution in [1.29, 1.82) is 0 Å².